The predicted molar refractivity (Wildman–Crippen MR) is 116 cm³/mol. The highest BCUT2D eigenvalue weighted by Gasteiger charge is 2.36. The number of carbonyl (C=O) groups is 1. The molecular weight excluding hydrogens is 471 g/mol. The Labute approximate surface area is 197 Å². The molecule has 0 bridgehead atoms. The minimum absolute atomic E-state index is 0.0392. The van der Waals surface area contributed by atoms with Crippen LogP contribution in [-0.2, 0) is 6.18 Å². The Hall–Kier alpha value is -3.70. The first-order valence-electron chi connectivity index (χ1n) is 10.9. The molecule has 2 aromatic heterocycles. The summed E-state index contributed by atoms with van der Waals surface area (Å²) in [4.78, 5) is 30.3. The van der Waals surface area contributed by atoms with Crippen molar-refractivity contribution in [2.75, 3.05) is 18.4 Å². The first kappa shape index (κ1) is 24.4. The lowest BCUT2D eigenvalue weighted by Gasteiger charge is -2.40. The maximum atomic E-state index is 14.9. The molecule has 0 saturated carbocycles. The van der Waals surface area contributed by atoms with Gasteiger partial charge in [-0.1, -0.05) is 6.92 Å². The summed E-state index contributed by atoms with van der Waals surface area (Å²) in [7, 11) is 0. The minimum atomic E-state index is -4.56. The number of hydrogen-bond acceptors (Lipinski definition) is 6. The Bertz CT molecular complexity index is 1190. The van der Waals surface area contributed by atoms with Crippen molar-refractivity contribution in [2.45, 2.75) is 32.0 Å². The summed E-state index contributed by atoms with van der Waals surface area (Å²) < 4.78 is 68.0. The molecule has 184 valence electrons. The number of aromatic nitrogens is 4. The summed E-state index contributed by atoms with van der Waals surface area (Å²) in [5.41, 5.74) is -1.78. The number of likely N-dealkylation sites (tertiary alicyclic amines) is 1. The molecule has 12 heteroatoms. The van der Waals surface area contributed by atoms with Crippen LogP contribution in [0.4, 0.5) is 27.9 Å². The molecule has 4 rings (SSSR count). The quantitative estimate of drug-likeness (QED) is 0.525. The monoisotopic (exact) mass is 492 g/mol. The molecule has 0 unspecified atom stereocenters. The van der Waals surface area contributed by atoms with Gasteiger partial charge in [-0.2, -0.15) is 13.2 Å². The van der Waals surface area contributed by atoms with E-state index in [0.29, 0.717) is 18.8 Å². The van der Waals surface area contributed by atoms with Gasteiger partial charge in [0, 0.05) is 37.9 Å². The summed E-state index contributed by atoms with van der Waals surface area (Å²) in [5, 5.41) is 2.86. The van der Waals surface area contributed by atoms with Gasteiger partial charge in [-0.15, -0.1) is 0 Å². The second kappa shape index (κ2) is 9.88. The van der Waals surface area contributed by atoms with Crippen molar-refractivity contribution in [1.29, 1.82) is 0 Å². The lowest BCUT2D eigenvalue weighted by molar-refractivity contribution is -0.138. The molecule has 1 aliphatic heterocycles. The Morgan fingerprint density at radius 1 is 1.09 bits per heavy atom. The Morgan fingerprint density at radius 3 is 2.40 bits per heavy atom. The highest BCUT2D eigenvalue weighted by Crippen LogP contribution is 2.32. The molecule has 1 N–H and O–H groups in total. The largest absolute Gasteiger partial charge is 0.419 e. The fraction of sp³-hybridized carbons (Fsp3) is 0.348. The molecule has 1 saturated heterocycles. The van der Waals surface area contributed by atoms with Crippen molar-refractivity contribution in [3.8, 4) is 11.4 Å². The Morgan fingerprint density at radius 2 is 1.74 bits per heavy atom. The van der Waals surface area contributed by atoms with Crippen molar-refractivity contribution < 1.29 is 26.7 Å². The zero-order chi connectivity index (χ0) is 25.2. The van der Waals surface area contributed by atoms with Crippen LogP contribution in [0, 0.1) is 17.6 Å². The molecular formula is C23H21F5N6O. The molecule has 1 aromatic carbocycles. The summed E-state index contributed by atoms with van der Waals surface area (Å²) in [5.74, 6) is -2.67. The number of benzene rings is 1. The van der Waals surface area contributed by atoms with E-state index in [4.69, 9.17) is 0 Å². The maximum absolute atomic E-state index is 14.9. The van der Waals surface area contributed by atoms with Gasteiger partial charge in [-0.3, -0.25) is 4.79 Å². The first-order chi connectivity index (χ1) is 16.7. The predicted octanol–water partition coefficient (Wildman–Crippen LogP) is 4.58. The van der Waals surface area contributed by atoms with Crippen molar-refractivity contribution in [3.05, 3.63) is 65.7 Å². The topological polar surface area (TPSA) is 83.9 Å². The average Bonchev–Trinajstić information content (AvgIpc) is 2.84. The van der Waals surface area contributed by atoms with Gasteiger partial charge in [0.1, 0.15) is 11.6 Å². The average molecular weight is 492 g/mol. The second-order valence-electron chi connectivity index (χ2n) is 8.21. The standard InChI is InChI=1S/C23H21F5N6O/c1-13-4-2-9-34(17(13)12-33-22-31-10-14(11-32-22)23(26,27)28)21(35)19-16(25)6-5-15(24)18(19)20-29-7-3-8-30-20/h3,5-8,10-11,13,17H,2,4,9,12H2,1H3,(H,31,32,33)/t13-,17-/m1/s1. The van der Waals surface area contributed by atoms with E-state index in [0.717, 1.165) is 18.6 Å². The Kier molecular flexibility index (Phi) is 6.90. The van der Waals surface area contributed by atoms with Crippen LogP contribution < -0.4 is 5.32 Å². The molecule has 1 aliphatic rings. The summed E-state index contributed by atoms with van der Waals surface area (Å²) in [6.07, 6.45) is 0.905. The van der Waals surface area contributed by atoms with Crippen molar-refractivity contribution in [2.24, 2.45) is 5.92 Å². The number of anilines is 1. The van der Waals surface area contributed by atoms with Crippen LogP contribution in [0.25, 0.3) is 11.4 Å². The van der Waals surface area contributed by atoms with Crippen molar-refractivity contribution in [3.63, 3.8) is 0 Å². The number of nitrogens with one attached hydrogen (secondary N) is 1. The SMILES string of the molecule is C[C@@H]1CCCN(C(=O)c2c(F)ccc(F)c2-c2ncccn2)[C@@H]1CNc1ncc(C(F)(F)F)cn1. The number of rotatable bonds is 5. The number of halogens is 5. The van der Waals surface area contributed by atoms with Crippen LogP contribution in [-0.4, -0.2) is 49.9 Å². The Balaban J connectivity index is 1.61. The highest BCUT2D eigenvalue weighted by molar-refractivity contribution is 6.00. The molecule has 0 spiro atoms. The molecule has 0 aliphatic carbocycles. The summed E-state index contributed by atoms with van der Waals surface area (Å²) in [6.45, 7) is 2.29. The smallest absolute Gasteiger partial charge is 0.352 e. The third-order valence-electron chi connectivity index (χ3n) is 5.93. The zero-order valence-electron chi connectivity index (χ0n) is 18.6. The minimum Gasteiger partial charge on any atom is -0.352 e. The summed E-state index contributed by atoms with van der Waals surface area (Å²) >= 11 is 0. The van der Waals surface area contributed by atoms with Crippen LogP contribution in [0.5, 0.6) is 0 Å². The van der Waals surface area contributed by atoms with E-state index in [-0.39, 0.29) is 36.3 Å². The molecule has 1 fully saturated rings. The summed E-state index contributed by atoms with van der Waals surface area (Å²) in [6, 6.07) is 2.83. The van der Waals surface area contributed by atoms with E-state index in [9.17, 15) is 26.7 Å². The maximum Gasteiger partial charge on any atom is 0.419 e. The van der Waals surface area contributed by atoms with Gasteiger partial charge in [0.25, 0.3) is 5.91 Å². The van der Waals surface area contributed by atoms with Gasteiger partial charge in [-0.25, -0.2) is 28.7 Å². The van der Waals surface area contributed by atoms with Crippen LogP contribution in [0.3, 0.4) is 0 Å². The molecule has 3 heterocycles. The van der Waals surface area contributed by atoms with Gasteiger partial charge in [0.05, 0.1) is 22.7 Å². The molecule has 2 atom stereocenters. The second-order valence-corrected chi connectivity index (χ2v) is 8.21. The van der Waals surface area contributed by atoms with Crippen LogP contribution in [0.15, 0.2) is 43.0 Å². The zero-order valence-corrected chi connectivity index (χ0v) is 18.6. The van der Waals surface area contributed by atoms with Crippen LogP contribution in [0.1, 0.15) is 35.7 Å². The third kappa shape index (κ3) is 5.20. The van der Waals surface area contributed by atoms with Gasteiger partial charge < -0.3 is 10.2 Å². The number of hydrogen-bond donors (Lipinski definition) is 1. The normalized spacial score (nSPS) is 18.4. The number of alkyl halides is 3. The van der Waals surface area contributed by atoms with E-state index in [1.165, 1.54) is 23.4 Å². The number of amides is 1. The molecule has 7 nitrogen and oxygen atoms in total. The molecule has 0 radical (unpaired) electrons. The lowest BCUT2D eigenvalue weighted by Crippen LogP contribution is -2.51. The number of nitrogens with zero attached hydrogens (tertiary/aromatic N) is 5. The van der Waals surface area contributed by atoms with Gasteiger partial charge >= 0.3 is 6.18 Å². The van der Waals surface area contributed by atoms with E-state index in [1.54, 1.807) is 0 Å². The number of carbonyl (C=O) groups excluding carboxylic acids is 1. The first-order valence-corrected chi connectivity index (χ1v) is 10.9. The molecule has 1 amide bonds. The van der Waals surface area contributed by atoms with Crippen molar-refractivity contribution >= 4 is 11.9 Å². The van der Waals surface area contributed by atoms with Crippen LogP contribution in [0.2, 0.25) is 0 Å². The fourth-order valence-corrected chi connectivity index (χ4v) is 4.13. The lowest BCUT2D eigenvalue weighted by atomic mass is 9.89. The van der Waals surface area contributed by atoms with Gasteiger partial charge in [-0.05, 0) is 37.0 Å². The molecule has 35 heavy (non-hydrogen) atoms. The van der Waals surface area contributed by atoms with E-state index >= 15 is 0 Å². The van der Waals surface area contributed by atoms with Crippen molar-refractivity contribution in [1.82, 2.24) is 24.8 Å². The van der Waals surface area contributed by atoms with Crippen LogP contribution >= 0.6 is 0 Å². The van der Waals surface area contributed by atoms with E-state index in [2.05, 4.69) is 25.3 Å². The molecule has 3 aromatic rings. The van der Waals surface area contributed by atoms with Gasteiger partial charge in [0.15, 0.2) is 5.82 Å². The van der Waals surface area contributed by atoms with Gasteiger partial charge in [0.2, 0.25) is 5.95 Å². The number of piperidine rings is 1. The van der Waals surface area contributed by atoms with E-state index < -0.39 is 40.9 Å². The fourth-order valence-electron chi connectivity index (χ4n) is 4.13. The van der Waals surface area contributed by atoms with E-state index in [1.807, 2.05) is 6.92 Å². The highest BCUT2D eigenvalue weighted by atomic mass is 19.4. The third-order valence-corrected chi connectivity index (χ3v) is 5.93.